The Kier molecular flexibility index (Phi) is 4.16. The first-order valence-electron chi connectivity index (χ1n) is 7.96. The number of terminal acetylenes is 1. The molecule has 5 atom stereocenters. The summed E-state index contributed by atoms with van der Waals surface area (Å²) in [5.74, 6) is 3.72. The van der Waals surface area contributed by atoms with Crippen molar-refractivity contribution in [1.29, 1.82) is 0 Å². The van der Waals surface area contributed by atoms with E-state index in [1.165, 1.54) is 12.8 Å². The van der Waals surface area contributed by atoms with Crippen molar-refractivity contribution >= 4 is 11.8 Å². The highest BCUT2D eigenvalue weighted by Crippen LogP contribution is 2.37. The molecule has 3 N–H and O–H groups in total. The van der Waals surface area contributed by atoms with Crippen LogP contribution in [-0.4, -0.2) is 37.0 Å². The van der Waals surface area contributed by atoms with Crippen molar-refractivity contribution in [3.8, 4) is 12.3 Å². The van der Waals surface area contributed by atoms with Gasteiger partial charge >= 0.3 is 0 Å². The second kappa shape index (κ2) is 6.07. The summed E-state index contributed by atoms with van der Waals surface area (Å²) in [4.78, 5) is 24.1. The summed E-state index contributed by atoms with van der Waals surface area (Å²) in [6.45, 7) is 1.65. The molecule has 1 aliphatic carbocycles. The van der Waals surface area contributed by atoms with Crippen LogP contribution in [0.1, 0.15) is 32.1 Å². The van der Waals surface area contributed by atoms with E-state index in [9.17, 15) is 9.59 Å². The topological polar surface area (TPSA) is 70.2 Å². The number of carbonyl (C=O) groups is 2. The molecule has 0 aromatic rings. The Morgan fingerprint density at radius 2 is 2.29 bits per heavy atom. The number of carbonyl (C=O) groups excluding carboxylic acids is 2. The van der Waals surface area contributed by atoms with E-state index in [4.69, 9.17) is 6.42 Å². The summed E-state index contributed by atoms with van der Waals surface area (Å²) in [5, 5.41) is 9.09. The number of rotatable bonds is 4. The monoisotopic (exact) mass is 289 g/mol. The molecule has 1 saturated carbocycles. The lowest BCUT2D eigenvalue weighted by molar-refractivity contribution is -0.125. The molecular formula is C16H23N3O2. The zero-order valence-electron chi connectivity index (χ0n) is 12.2. The molecule has 0 radical (unpaired) electrons. The molecule has 2 heterocycles. The Morgan fingerprint density at radius 1 is 1.43 bits per heavy atom. The molecule has 3 rings (SSSR count). The molecule has 5 heteroatoms. The van der Waals surface area contributed by atoms with Crippen LogP contribution in [-0.2, 0) is 9.59 Å². The van der Waals surface area contributed by atoms with Crippen molar-refractivity contribution in [2.75, 3.05) is 13.1 Å². The van der Waals surface area contributed by atoms with Crippen LogP contribution in [0.3, 0.4) is 0 Å². The molecule has 0 aromatic heterocycles. The molecule has 0 aromatic carbocycles. The van der Waals surface area contributed by atoms with Gasteiger partial charge in [-0.2, -0.15) is 0 Å². The van der Waals surface area contributed by atoms with Crippen LogP contribution in [0.2, 0.25) is 0 Å². The van der Waals surface area contributed by atoms with Gasteiger partial charge in [0.25, 0.3) is 0 Å². The van der Waals surface area contributed by atoms with Crippen LogP contribution >= 0.6 is 0 Å². The zero-order valence-corrected chi connectivity index (χ0v) is 12.2. The van der Waals surface area contributed by atoms with Gasteiger partial charge < -0.3 is 16.0 Å². The average molecular weight is 289 g/mol. The van der Waals surface area contributed by atoms with Crippen molar-refractivity contribution < 1.29 is 9.59 Å². The third kappa shape index (κ3) is 2.91. The van der Waals surface area contributed by atoms with E-state index in [0.29, 0.717) is 24.8 Å². The van der Waals surface area contributed by atoms with Gasteiger partial charge in [-0.15, -0.1) is 6.42 Å². The van der Waals surface area contributed by atoms with E-state index in [-0.39, 0.29) is 29.8 Å². The maximum absolute atomic E-state index is 12.4. The summed E-state index contributed by atoms with van der Waals surface area (Å²) >= 11 is 0. The van der Waals surface area contributed by atoms with Gasteiger partial charge in [0.15, 0.2) is 0 Å². The standard InChI is InChI=1S/C16H23N3O2/c1-2-12(8-10-6-7-17-15(10)20)19-16(21)14-13-5-3-4-11(13)9-18-14/h1,10-14,18H,3-9H2,(H,17,20)(H,19,21)/t10-,11?,12+,13?,14?/m0/s1. The number of hydrogen-bond acceptors (Lipinski definition) is 3. The van der Waals surface area contributed by atoms with Gasteiger partial charge in [0.2, 0.25) is 11.8 Å². The predicted octanol–water partition coefficient (Wildman–Crippen LogP) is 0.0187. The zero-order chi connectivity index (χ0) is 14.8. The van der Waals surface area contributed by atoms with Crippen LogP contribution in [0.5, 0.6) is 0 Å². The molecule has 3 aliphatic rings. The third-order valence-corrected chi connectivity index (χ3v) is 5.23. The minimum Gasteiger partial charge on any atom is -0.356 e. The number of amides is 2. The Hall–Kier alpha value is -1.54. The first-order valence-corrected chi connectivity index (χ1v) is 7.96. The summed E-state index contributed by atoms with van der Waals surface area (Å²) < 4.78 is 0. The molecular weight excluding hydrogens is 266 g/mol. The predicted molar refractivity (Wildman–Crippen MR) is 79.1 cm³/mol. The lowest BCUT2D eigenvalue weighted by atomic mass is 9.93. The van der Waals surface area contributed by atoms with Gasteiger partial charge in [0, 0.05) is 12.5 Å². The lowest BCUT2D eigenvalue weighted by Gasteiger charge is -2.21. The van der Waals surface area contributed by atoms with Gasteiger partial charge in [-0.25, -0.2) is 0 Å². The number of hydrogen-bond donors (Lipinski definition) is 3. The quantitative estimate of drug-likeness (QED) is 0.639. The Morgan fingerprint density at radius 3 is 3.00 bits per heavy atom. The van der Waals surface area contributed by atoms with Crippen molar-refractivity contribution in [2.45, 2.75) is 44.2 Å². The highest BCUT2D eigenvalue weighted by atomic mass is 16.2. The van der Waals surface area contributed by atoms with Gasteiger partial charge in [0.1, 0.15) is 0 Å². The Bertz CT molecular complexity index is 471. The average Bonchev–Trinajstić information content (AvgIpc) is 3.15. The summed E-state index contributed by atoms with van der Waals surface area (Å²) in [6, 6.07) is -0.459. The van der Waals surface area contributed by atoms with Gasteiger partial charge in [0.05, 0.1) is 12.1 Å². The molecule has 0 bridgehead atoms. The second-order valence-electron chi connectivity index (χ2n) is 6.48. The van der Waals surface area contributed by atoms with Crippen LogP contribution in [0.25, 0.3) is 0 Å². The van der Waals surface area contributed by atoms with Gasteiger partial charge in [-0.1, -0.05) is 12.3 Å². The summed E-state index contributed by atoms with van der Waals surface area (Å²) in [7, 11) is 0. The maximum atomic E-state index is 12.4. The third-order valence-electron chi connectivity index (χ3n) is 5.23. The summed E-state index contributed by atoms with van der Waals surface area (Å²) in [5.41, 5.74) is 0. The smallest absolute Gasteiger partial charge is 0.238 e. The van der Waals surface area contributed by atoms with E-state index in [2.05, 4.69) is 21.9 Å². The van der Waals surface area contributed by atoms with Gasteiger partial charge in [-0.3, -0.25) is 9.59 Å². The maximum Gasteiger partial charge on any atom is 0.238 e. The minimum absolute atomic E-state index is 0.00533. The van der Waals surface area contributed by atoms with Crippen LogP contribution < -0.4 is 16.0 Å². The highest BCUT2D eigenvalue weighted by molar-refractivity contribution is 5.84. The fourth-order valence-corrected chi connectivity index (χ4v) is 4.06. The normalized spacial score (nSPS) is 35.9. The fraction of sp³-hybridized carbons (Fsp3) is 0.750. The van der Waals surface area contributed by atoms with Crippen molar-refractivity contribution in [1.82, 2.24) is 16.0 Å². The minimum atomic E-state index is -0.353. The van der Waals surface area contributed by atoms with Crippen molar-refractivity contribution in [3.63, 3.8) is 0 Å². The molecule has 5 nitrogen and oxygen atoms in total. The molecule has 21 heavy (non-hydrogen) atoms. The second-order valence-corrected chi connectivity index (χ2v) is 6.48. The number of nitrogens with one attached hydrogen (secondary N) is 3. The summed E-state index contributed by atoms with van der Waals surface area (Å²) in [6.07, 6.45) is 10.4. The van der Waals surface area contributed by atoms with Crippen molar-refractivity contribution in [3.05, 3.63) is 0 Å². The lowest BCUT2D eigenvalue weighted by Crippen LogP contribution is -2.48. The van der Waals surface area contributed by atoms with E-state index >= 15 is 0 Å². The first kappa shape index (κ1) is 14.4. The molecule has 3 fully saturated rings. The molecule has 3 unspecified atom stereocenters. The first-order chi connectivity index (χ1) is 10.2. The Balaban J connectivity index is 1.55. The molecule has 2 saturated heterocycles. The highest BCUT2D eigenvalue weighted by Gasteiger charge is 2.42. The molecule has 0 spiro atoms. The molecule has 2 amide bonds. The molecule has 2 aliphatic heterocycles. The van der Waals surface area contributed by atoms with Gasteiger partial charge in [-0.05, 0) is 44.1 Å². The SMILES string of the molecule is C#C[C@H](C[C@@H]1CCNC1=O)NC(=O)C1NCC2CCCC21. The Labute approximate surface area is 125 Å². The van der Waals surface area contributed by atoms with Crippen LogP contribution in [0.4, 0.5) is 0 Å². The van der Waals surface area contributed by atoms with E-state index in [1.54, 1.807) is 0 Å². The van der Waals surface area contributed by atoms with Crippen LogP contribution in [0, 0.1) is 30.1 Å². The largest absolute Gasteiger partial charge is 0.356 e. The van der Waals surface area contributed by atoms with E-state index in [1.807, 2.05) is 0 Å². The van der Waals surface area contributed by atoms with Crippen LogP contribution in [0.15, 0.2) is 0 Å². The molecule has 114 valence electrons. The van der Waals surface area contributed by atoms with Crippen molar-refractivity contribution in [2.24, 2.45) is 17.8 Å². The fourth-order valence-electron chi connectivity index (χ4n) is 4.06. The van der Waals surface area contributed by atoms with E-state index in [0.717, 1.165) is 19.4 Å². The van der Waals surface area contributed by atoms with E-state index < -0.39 is 0 Å². The number of fused-ring (bicyclic) bond motifs is 1.